The lowest BCUT2D eigenvalue weighted by molar-refractivity contribution is -0.150. The quantitative estimate of drug-likeness (QED) is 0.889. The van der Waals surface area contributed by atoms with E-state index < -0.39 is 12.0 Å². The number of benzene rings is 1. The molecule has 1 aliphatic rings. The zero-order valence-corrected chi connectivity index (χ0v) is 11.0. The molecule has 1 heterocycles. The Morgan fingerprint density at radius 2 is 2.11 bits per heavy atom. The van der Waals surface area contributed by atoms with Gasteiger partial charge in [0.15, 0.2) is 0 Å². The first-order valence-corrected chi connectivity index (χ1v) is 6.21. The van der Waals surface area contributed by atoms with Gasteiger partial charge in [0.1, 0.15) is 18.4 Å². The van der Waals surface area contributed by atoms with Crippen LogP contribution in [0.5, 0.6) is 5.75 Å². The molecule has 0 aromatic heterocycles. The highest BCUT2D eigenvalue weighted by Crippen LogP contribution is 2.27. The van der Waals surface area contributed by atoms with Crippen molar-refractivity contribution in [2.45, 2.75) is 19.4 Å². The molecule has 0 radical (unpaired) electrons. The number of para-hydroxylation sites is 1. The van der Waals surface area contributed by atoms with Crippen molar-refractivity contribution in [3.8, 4) is 5.75 Å². The van der Waals surface area contributed by atoms with Crippen LogP contribution in [0.3, 0.4) is 0 Å². The summed E-state index contributed by atoms with van der Waals surface area (Å²) in [5.41, 5.74) is 0.989. The monoisotopic (exact) mass is 263 g/mol. The molecular formula is C14H17NO4. The Bertz CT molecular complexity index is 500. The van der Waals surface area contributed by atoms with E-state index >= 15 is 0 Å². The lowest BCUT2D eigenvalue weighted by atomic mass is 9.95. The smallest absolute Gasteiger partial charge is 0.326 e. The third kappa shape index (κ3) is 2.70. The minimum Gasteiger partial charge on any atom is -0.492 e. The first-order valence-electron chi connectivity index (χ1n) is 6.21. The van der Waals surface area contributed by atoms with E-state index in [1.54, 1.807) is 0 Å². The summed E-state index contributed by atoms with van der Waals surface area (Å²) in [6.45, 7) is 1.80. The van der Waals surface area contributed by atoms with Gasteiger partial charge in [-0.15, -0.1) is 0 Å². The third-order valence-electron chi connectivity index (χ3n) is 3.51. The molecule has 19 heavy (non-hydrogen) atoms. The number of carboxylic acid groups (broad SMARTS) is 1. The van der Waals surface area contributed by atoms with Crippen LogP contribution in [0.1, 0.15) is 12.5 Å². The molecule has 1 aromatic rings. The standard InChI is InChI=1S/C14H17NO4/c1-9(14(17)18)15(2)13(16)11-7-10-5-3-4-6-12(10)19-8-11/h3-6,9,11H,7-8H2,1-2H3,(H,17,18). The highest BCUT2D eigenvalue weighted by molar-refractivity contribution is 5.85. The summed E-state index contributed by atoms with van der Waals surface area (Å²) >= 11 is 0. The average Bonchev–Trinajstić information content (AvgIpc) is 2.44. The van der Waals surface area contributed by atoms with Gasteiger partial charge >= 0.3 is 5.97 Å². The van der Waals surface area contributed by atoms with Crippen molar-refractivity contribution in [1.82, 2.24) is 4.90 Å². The SMILES string of the molecule is CC(C(=O)O)N(C)C(=O)C1COc2ccccc2C1. The topological polar surface area (TPSA) is 66.8 Å². The fraction of sp³-hybridized carbons (Fsp3) is 0.429. The van der Waals surface area contributed by atoms with Gasteiger partial charge in [-0.25, -0.2) is 4.79 Å². The van der Waals surface area contributed by atoms with Gasteiger partial charge in [0, 0.05) is 7.05 Å². The normalized spacial score (nSPS) is 18.9. The van der Waals surface area contributed by atoms with Crippen molar-refractivity contribution < 1.29 is 19.4 Å². The number of rotatable bonds is 3. The van der Waals surface area contributed by atoms with Gasteiger partial charge in [0.05, 0.1) is 5.92 Å². The third-order valence-corrected chi connectivity index (χ3v) is 3.51. The Hall–Kier alpha value is -2.04. The molecule has 1 N–H and O–H groups in total. The molecule has 1 aromatic carbocycles. The molecule has 0 saturated heterocycles. The van der Waals surface area contributed by atoms with Crippen LogP contribution < -0.4 is 4.74 Å². The van der Waals surface area contributed by atoms with Gasteiger partial charge in [-0.3, -0.25) is 4.79 Å². The zero-order chi connectivity index (χ0) is 14.0. The molecule has 0 spiro atoms. The van der Waals surface area contributed by atoms with E-state index in [1.165, 1.54) is 18.9 Å². The molecule has 5 heteroatoms. The summed E-state index contributed by atoms with van der Waals surface area (Å²) in [7, 11) is 1.52. The molecule has 2 rings (SSSR count). The first kappa shape index (κ1) is 13.4. The number of fused-ring (bicyclic) bond motifs is 1. The first-order chi connectivity index (χ1) is 9.00. The van der Waals surface area contributed by atoms with E-state index in [2.05, 4.69) is 0 Å². The number of aliphatic carboxylic acids is 1. The molecule has 2 unspecified atom stereocenters. The van der Waals surface area contributed by atoms with Crippen molar-refractivity contribution in [2.75, 3.05) is 13.7 Å². The van der Waals surface area contributed by atoms with Gasteiger partial charge in [-0.1, -0.05) is 18.2 Å². The number of hydrogen-bond acceptors (Lipinski definition) is 3. The van der Waals surface area contributed by atoms with E-state index in [0.29, 0.717) is 13.0 Å². The Morgan fingerprint density at radius 3 is 2.79 bits per heavy atom. The second-order valence-electron chi connectivity index (χ2n) is 4.78. The number of hydrogen-bond donors (Lipinski definition) is 1. The van der Waals surface area contributed by atoms with Crippen LogP contribution in [-0.4, -0.2) is 41.6 Å². The van der Waals surface area contributed by atoms with Crippen molar-refractivity contribution >= 4 is 11.9 Å². The fourth-order valence-corrected chi connectivity index (χ4v) is 2.13. The highest BCUT2D eigenvalue weighted by atomic mass is 16.5. The summed E-state index contributed by atoms with van der Waals surface area (Å²) in [5.74, 6) is -0.709. The van der Waals surface area contributed by atoms with Crippen LogP contribution >= 0.6 is 0 Å². The second-order valence-corrected chi connectivity index (χ2v) is 4.78. The van der Waals surface area contributed by atoms with Gasteiger partial charge in [0.2, 0.25) is 5.91 Å². The zero-order valence-electron chi connectivity index (χ0n) is 11.0. The van der Waals surface area contributed by atoms with Crippen LogP contribution in [0.2, 0.25) is 0 Å². The molecule has 102 valence electrons. The van der Waals surface area contributed by atoms with Crippen LogP contribution in [0.15, 0.2) is 24.3 Å². The maximum absolute atomic E-state index is 12.2. The lowest BCUT2D eigenvalue weighted by Gasteiger charge is -2.29. The number of carbonyl (C=O) groups excluding carboxylic acids is 1. The Kier molecular flexibility index (Phi) is 3.74. The van der Waals surface area contributed by atoms with Crippen molar-refractivity contribution in [2.24, 2.45) is 5.92 Å². The molecule has 5 nitrogen and oxygen atoms in total. The molecule has 1 amide bonds. The molecule has 2 atom stereocenters. The minimum atomic E-state index is -1.01. The van der Waals surface area contributed by atoms with E-state index in [4.69, 9.17) is 9.84 Å². The summed E-state index contributed by atoms with van der Waals surface area (Å²) in [6.07, 6.45) is 0.589. The van der Waals surface area contributed by atoms with E-state index in [0.717, 1.165) is 11.3 Å². The average molecular weight is 263 g/mol. The van der Waals surface area contributed by atoms with Crippen LogP contribution in [-0.2, 0) is 16.0 Å². The van der Waals surface area contributed by atoms with E-state index in [9.17, 15) is 9.59 Å². The number of carbonyl (C=O) groups is 2. The summed E-state index contributed by atoms with van der Waals surface area (Å²) in [4.78, 5) is 24.4. The number of nitrogens with zero attached hydrogens (tertiary/aromatic N) is 1. The molecular weight excluding hydrogens is 246 g/mol. The van der Waals surface area contributed by atoms with Crippen molar-refractivity contribution in [1.29, 1.82) is 0 Å². The molecule has 0 fully saturated rings. The second kappa shape index (κ2) is 5.30. The van der Waals surface area contributed by atoms with Gasteiger partial charge < -0.3 is 14.7 Å². The number of carboxylic acids is 1. The minimum absolute atomic E-state index is 0.190. The van der Waals surface area contributed by atoms with E-state index in [1.807, 2.05) is 24.3 Å². The Balaban J connectivity index is 2.08. The number of ether oxygens (including phenoxy) is 1. The van der Waals surface area contributed by atoms with Crippen LogP contribution in [0, 0.1) is 5.92 Å². The van der Waals surface area contributed by atoms with Gasteiger partial charge in [-0.2, -0.15) is 0 Å². The van der Waals surface area contributed by atoms with Crippen LogP contribution in [0.4, 0.5) is 0 Å². The van der Waals surface area contributed by atoms with Crippen molar-refractivity contribution in [3.05, 3.63) is 29.8 Å². The Morgan fingerprint density at radius 1 is 1.42 bits per heavy atom. The highest BCUT2D eigenvalue weighted by Gasteiger charge is 2.31. The fourth-order valence-electron chi connectivity index (χ4n) is 2.13. The molecule has 0 saturated carbocycles. The van der Waals surface area contributed by atoms with Crippen LogP contribution in [0.25, 0.3) is 0 Å². The number of amides is 1. The maximum atomic E-state index is 12.2. The molecule has 0 aliphatic carbocycles. The van der Waals surface area contributed by atoms with Gasteiger partial charge in [0.25, 0.3) is 0 Å². The molecule has 0 bridgehead atoms. The summed E-state index contributed by atoms with van der Waals surface area (Å²) in [5, 5.41) is 8.93. The number of likely N-dealkylation sites (N-methyl/N-ethyl adjacent to an activating group) is 1. The Labute approximate surface area is 111 Å². The van der Waals surface area contributed by atoms with Gasteiger partial charge in [-0.05, 0) is 25.0 Å². The summed E-state index contributed by atoms with van der Waals surface area (Å²) < 4.78 is 5.55. The summed E-state index contributed by atoms with van der Waals surface area (Å²) in [6, 6.07) is 6.76. The predicted octanol–water partition coefficient (Wildman–Crippen LogP) is 1.17. The van der Waals surface area contributed by atoms with E-state index in [-0.39, 0.29) is 11.8 Å². The molecule has 1 aliphatic heterocycles. The largest absolute Gasteiger partial charge is 0.492 e. The lowest BCUT2D eigenvalue weighted by Crippen LogP contribution is -2.45. The maximum Gasteiger partial charge on any atom is 0.326 e. The van der Waals surface area contributed by atoms with Crippen molar-refractivity contribution in [3.63, 3.8) is 0 Å². The predicted molar refractivity (Wildman–Crippen MR) is 69.0 cm³/mol.